The zero-order valence-corrected chi connectivity index (χ0v) is 15.1. The van der Waals surface area contributed by atoms with Crippen molar-refractivity contribution < 1.29 is 4.74 Å². The van der Waals surface area contributed by atoms with E-state index in [0.29, 0.717) is 5.52 Å². The van der Waals surface area contributed by atoms with Gasteiger partial charge < -0.3 is 14.6 Å². The van der Waals surface area contributed by atoms with Gasteiger partial charge in [-0.05, 0) is 38.7 Å². The molecule has 132 valence electrons. The van der Waals surface area contributed by atoms with Crippen LogP contribution in [0.1, 0.15) is 44.4 Å². The summed E-state index contributed by atoms with van der Waals surface area (Å²) in [4.78, 5) is 21.7. The maximum absolute atomic E-state index is 12.4. The Kier molecular flexibility index (Phi) is 4.78. The van der Waals surface area contributed by atoms with E-state index in [1.807, 2.05) is 13.0 Å². The fraction of sp³-hybridized carbons (Fsp3) is 0.526. The van der Waals surface area contributed by atoms with Crippen molar-refractivity contribution in [2.24, 2.45) is 0 Å². The van der Waals surface area contributed by atoms with Gasteiger partial charge in [0, 0.05) is 31.3 Å². The van der Waals surface area contributed by atoms with Gasteiger partial charge in [0.05, 0.1) is 23.0 Å². The number of hydrogen-bond acceptors (Lipinski definition) is 5. The van der Waals surface area contributed by atoms with Crippen LogP contribution in [0.15, 0.2) is 17.1 Å². The highest BCUT2D eigenvalue weighted by molar-refractivity contribution is 5.94. The van der Waals surface area contributed by atoms with Gasteiger partial charge in [-0.25, -0.2) is 0 Å². The second kappa shape index (κ2) is 6.85. The molecule has 1 atom stereocenters. The monoisotopic (exact) mass is 340 g/mol. The van der Waals surface area contributed by atoms with Crippen LogP contribution in [0.25, 0.3) is 10.9 Å². The first-order valence-electron chi connectivity index (χ1n) is 8.76. The molecule has 0 aromatic carbocycles. The van der Waals surface area contributed by atoms with Crippen molar-refractivity contribution in [3.8, 4) is 6.07 Å². The van der Waals surface area contributed by atoms with Gasteiger partial charge in [-0.1, -0.05) is 6.92 Å². The van der Waals surface area contributed by atoms with Crippen molar-refractivity contribution in [2.45, 2.75) is 45.1 Å². The first kappa shape index (κ1) is 17.4. The lowest BCUT2D eigenvalue weighted by Gasteiger charge is -2.28. The predicted octanol–water partition coefficient (Wildman–Crippen LogP) is 2.75. The summed E-state index contributed by atoms with van der Waals surface area (Å²) in [6.07, 6.45) is 5.27. The molecule has 2 aromatic heterocycles. The topological polar surface area (TPSA) is 82.0 Å². The molecule has 1 saturated heterocycles. The van der Waals surface area contributed by atoms with E-state index >= 15 is 0 Å². The highest BCUT2D eigenvalue weighted by Crippen LogP contribution is 2.32. The summed E-state index contributed by atoms with van der Waals surface area (Å²) >= 11 is 0. The number of fused-ring (bicyclic) bond motifs is 1. The van der Waals surface area contributed by atoms with Gasteiger partial charge in [0.2, 0.25) is 0 Å². The quantitative estimate of drug-likeness (QED) is 0.929. The van der Waals surface area contributed by atoms with Gasteiger partial charge in [0.25, 0.3) is 5.56 Å². The van der Waals surface area contributed by atoms with E-state index in [0.717, 1.165) is 55.5 Å². The van der Waals surface area contributed by atoms with Gasteiger partial charge >= 0.3 is 0 Å². The van der Waals surface area contributed by atoms with Crippen LogP contribution < -0.4 is 10.5 Å². The molecule has 1 aliphatic heterocycles. The van der Waals surface area contributed by atoms with Gasteiger partial charge in [-0.15, -0.1) is 0 Å². The van der Waals surface area contributed by atoms with E-state index < -0.39 is 0 Å². The molecule has 0 spiro atoms. The van der Waals surface area contributed by atoms with E-state index in [1.54, 1.807) is 13.3 Å². The lowest BCUT2D eigenvalue weighted by Crippen LogP contribution is -2.31. The van der Waals surface area contributed by atoms with Crippen molar-refractivity contribution in [2.75, 3.05) is 25.1 Å². The number of aromatic amines is 1. The lowest BCUT2D eigenvalue weighted by molar-refractivity contribution is -0.00329. The minimum atomic E-state index is -0.352. The number of ether oxygens (including phenoxy) is 1. The van der Waals surface area contributed by atoms with Crippen LogP contribution in [0.3, 0.4) is 0 Å². The summed E-state index contributed by atoms with van der Waals surface area (Å²) in [5.41, 5.74) is 2.03. The van der Waals surface area contributed by atoms with E-state index in [4.69, 9.17) is 4.74 Å². The van der Waals surface area contributed by atoms with Crippen LogP contribution in [0.4, 0.5) is 5.69 Å². The van der Waals surface area contributed by atoms with Crippen molar-refractivity contribution in [1.29, 1.82) is 5.26 Å². The van der Waals surface area contributed by atoms with Crippen LogP contribution in [-0.2, 0) is 11.2 Å². The summed E-state index contributed by atoms with van der Waals surface area (Å²) in [6, 6.07) is 4.10. The van der Waals surface area contributed by atoms with Crippen LogP contribution >= 0.6 is 0 Å². The minimum absolute atomic E-state index is 0.158. The van der Waals surface area contributed by atoms with Crippen molar-refractivity contribution in [1.82, 2.24) is 9.97 Å². The SMILES string of the molecule is CCc1cc2c(N3CCCC(C)(OC)CC3)c(C#N)c(=O)[nH]c2cn1. The van der Waals surface area contributed by atoms with E-state index in [1.165, 1.54) is 0 Å². The predicted molar refractivity (Wildman–Crippen MR) is 97.9 cm³/mol. The number of pyridine rings is 2. The molecule has 1 N–H and O–H groups in total. The molecule has 0 amide bonds. The molecule has 0 saturated carbocycles. The lowest BCUT2D eigenvalue weighted by atomic mass is 9.97. The first-order chi connectivity index (χ1) is 12.0. The maximum atomic E-state index is 12.4. The van der Waals surface area contributed by atoms with E-state index in [2.05, 4.69) is 27.9 Å². The maximum Gasteiger partial charge on any atom is 0.268 e. The third-order valence-corrected chi connectivity index (χ3v) is 5.26. The normalized spacial score (nSPS) is 21.1. The zero-order chi connectivity index (χ0) is 18.0. The number of hydrogen-bond donors (Lipinski definition) is 1. The van der Waals surface area contributed by atoms with E-state index in [-0.39, 0.29) is 16.7 Å². The molecule has 0 aliphatic carbocycles. The highest BCUT2D eigenvalue weighted by atomic mass is 16.5. The Morgan fingerprint density at radius 2 is 2.24 bits per heavy atom. The van der Waals surface area contributed by atoms with Gasteiger partial charge in [-0.2, -0.15) is 5.26 Å². The van der Waals surface area contributed by atoms with Crippen LogP contribution in [-0.4, -0.2) is 35.8 Å². The molecule has 25 heavy (non-hydrogen) atoms. The third kappa shape index (κ3) is 3.24. The number of aryl methyl sites for hydroxylation is 1. The Balaban J connectivity index is 2.16. The Morgan fingerprint density at radius 3 is 2.92 bits per heavy atom. The van der Waals surface area contributed by atoms with Crippen LogP contribution in [0.2, 0.25) is 0 Å². The summed E-state index contributed by atoms with van der Waals surface area (Å²) in [5.74, 6) is 0. The average molecular weight is 340 g/mol. The number of aromatic nitrogens is 2. The minimum Gasteiger partial charge on any atom is -0.378 e. The first-order valence-corrected chi connectivity index (χ1v) is 8.76. The summed E-state index contributed by atoms with van der Waals surface area (Å²) in [5, 5.41) is 10.5. The second-order valence-electron chi connectivity index (χ2n) is 6.86. The number of rotatable bonds is 3. The van der Waals surface area contributed by atoms with E-state index in [9.17, 15) is 10.1 Å². The molecular weight excluding hydrogens is 316 g/mol. The summed E-state index contributed by atoms with van der Waals surface area (Å²) in [6.45, 7) is 5.72. The number of nitrogens with zero attached hydrogens (tertiary/aromatic N) is 3. The van der Waals surface area contributed by atoms with Gasteiger partial charge in [0.1, 0.15) is 11.6 Å². The zero-order valence-electron chi connectivity index (χ0n) is 15.1. The number of methoxy groups -OCH3 is 1. The third-order valence-electron chi connectivity index (χ3n) is 5.26. The number of nitrogens with one attached hydrogen (secondary N) is 1. The van der Waals surface area contributed by atoms with Crippen LogP contribution in [0, 0.1) is 11.3 Å². The van der Waals surface area contributed by atoms with Crippen molar-refractivity contribution >= 4 is 16.6 Å². The fourth-order valence-corrected chi connectivity index (χ4v) is 3.53. The van der Waals surface area contributed by atoms with Crippen LogP contribution in [0.5, 0.6) is 0 Å². The summed E-state index contributed by atoms with van der Waals surface area (Å²) in [7, 11) is 1.75. The Bertz CT molecular complexity index is 883. The second-order valence-corrected chi connectivity index (χ2v) is 6.86. The molecule has 1 unspecified atom stereocenters. The molecule has 6 heteroatoms. The molecule has 2 aromatic rings. The molecule has 3 rings (SSSR count). The smallest absolute Gasteiger partial charge is 0.268 e. The standard InChI is InChI=1S/C19H24N4O2/c1-4-13-10-14-16(12-21-13)22-18(24)15(11-20)17(14)23-8-5-6-19(2,25-3)7-9-23/h10,12H,4-9H2,1-3H3,(H,22,24). The molecule has 6 nitrogen and oxygen atoms in total. The Labute approximate surface area is 147 Å². The Hall–Kier alpha value is -2.39. The number of nitriles is 1. The van der Waals surface area contributed by atoms with Gasteiger partial charge in [-0.3, -0.25) is 9.78 Å². The number of H-pyrrole nitrogens is 1. The Morgan fingerprint density at radius 1 is 1.44 bits per heavy atom. The largest absolute Gasteiger partial charge is 0.378 e. The molecule has 0 radical (unpaired) electrons. The molecule has 3 heterocycles. The molecule has 1 fully saturated rings. The van der Waals surface area contributed by atoms with Crippen molar-refractivity contribution in [3.63, 3.8) is 0 Å². The summed E-state index contributed by atoms with van der Waals surface area (Å²) < 4.78 is 5.68. The fourth-order valence-electron chi connectivity index (χ4n) is 3.53. The highest BCUT2D eigenvalue weighted by Gasteiger charge is 2.29. The molecular formula is C19H24N4O2. The molecule has 1 aliphatic rings. The molecule has 0 bridgehead atoms. The van der Waals surface area contributed by atoms with Crippen molar-refractivity contribution in [3.05, 3.63) is 33.9 Å². The average Bonchev–Trinajstić information content (AvgIpc) is 2.82. The number of anilines is 1. The van der Waals surface area contributed by atoms with Gasteiger partial charge in [0.15, 0.2) is 0 Å².